The number of nitrogens with zero attached hydrogens (tertiary/aromatic N) is 1. The largest absolute Gasteiger partial charge is 0.327 e. The molecule has 1 amide bonds. The molecule has 5 nitrogen and oxygen atoms in total. The van der Waals surface area contributed by atoms with E-state index in [0.717, 1.165) is 22.3 Å². The number of rotatable bonds is 0. The third-order valence-electron chi connectivity index (χ3n) is 2.71. The van der Waals surface area contributed by atoms with Gasteiger partial charge in [-0.15, -0.1) is 0 Å². The van der Waals surface area contributed by atoms with Crippen LogP contribution < -0.4 is 11.0 Å². The van der Waals surface area contributed by atoms with Crippen LogP contribution in [0.2, 0.25) is 0 Å². The summed E-state index contributed by atoms with van der Waals surface area (Å²) < 4.78 is 1.47. The molecule has 0 spiro atoms. The summed E-state index contributed by atoms with van der Waals surface area (Å²) in [6.07, 6.45) is 0. The zero-order valence-electron chi connectivity index (χ0n) is 8.13. The summed E-state index contributed by atoms with van der Waals surface area (Å²) in [7, 11) is 0. The number of anilines is 1. The molecule has 0 saturated carbocycles. The quantitative estimate of drug-likeness (QED) is 0.658. The number of carbonyl (C=O) groups is 1. The highest BCUT2D eigenvalue weighted by atomic mass is 16.2. The van der Waals surface area contributed by atoms with Crippen LogP contribution in [0.25, 0.3) is 11.0 Å². The number of imidazole rings is 1. The molecule has 0 unspecified atom stereocenters. The van der Waals surface area contributed by atoms with Crippen molar-refractivity contribution in [2.24, 2.45) is 0 Å². The van der Waals surface area contributed by atoms with E-state index in [1.165, 1.54) is 4.57 Å². The van der Waals surface area contributed by atoms with Gasteiger partial charge in [0.25, 0.3) is 0 Å². The number of aromatic amines is 1. The maximum absolute atomic E-state index is 11.5. The van der Waals surface area contributed by atoms with Gasteiger partial charge in [-0.2, -0.15) is 0 Å². The van der Waals surface area contributed by atoms with E-state index < -0.39 is 0 Å². The molecule has 1 aliphatic heterocycles. The van der Waals surface area contributed by atoms with Crippen LogP contribution >= 0.6 is 0 Å². The van der Waals surface area contributed by atoms with Gasteiger partial charge in [0, 0.05) is 0 Å². The van der Waals surface area contributed by atoms with Gasteiger partial charge in [0.1, 0.15) is 6.54 Å². The summed E-state index contributed by atoms with van der Waals surface area (Å²) in [6, 6.07) is 3.73. The first kappa shape index (κ1) is 8.28. The molecule has 0 radical (unpaired) electrons. The Morgan fingerprint density at radius 1 is 1.33 bits per heavy atom. The number of nitrogens with one attached hydrogen (secondary N) is 2. The van der Waals surface area contributed by atoms with E-state index in [1.807, 2.05) is 19.1 Å². The van der Waals surface area contributed by atoms with Crippen LogP contribution in [0.1, 0.15) is 5.56 Å². The Balaban J connectivity index is 2.55. The fraction of sp³-hybridized carbons (Fsp3) is 0.200. The lowest BCUT2D eigenvalue weighted by Crippen LogP contribution is -2.30. The van der Waals surface area contributed by atoms with Crippen LogP contribution in [0, 0.1) is 6.92 Å². The Kier molecular flexibility index (Phi) is 1.38. The maximum Gasteiger partial charge on any atom is 0.327 e. The molecule has 2 N–H and O–H groups in total. The second-order valence-corrected chi connectivity index (χ2v) is 3.72. The summed E-state index contributed by atoms with van der Waals surface area (Å²) >= 11 is 0. The molecular weight excluding hydrogens is 194 g/mol. The third kappa shape index (κ3) is 0.971. The first-order valence-corrected chi connectivity index (χ1v) is 4.69. The number of hydrogen-bond acceptors (Lipinski definition) is 2. The molecule has 0 aliphatic carbocycles. The fourth-order valence-corrected chi connectivity index (χ4v) is 1.99. The van der Waals surface area contributed by atoms with E-state index in [1.54, 1.807) is 0 Å². The molecule has 0 bridgehead atoms. The summed E-state index contributed by atoms with van der Waals surface area (Å²) in [5.74, 6) is -0.153. The van der Waals surface area contributed by atoms with Crippen molar-refractivity contribution in [2.45, 2.75) is 13.5 Å². The minimum absolute atomic E-state index is 0.0925. The molecule has 5 heteroatoms. The molecule has 2 aromatic rings. The smallest absolute Gasteiger partial charge is 0.322 e. The molecule has 0 atom stereocenters. The van der Waals surface area contributed by atoms with Crippen LogP contribution in [-0.4, -0.2) is 15.5 Å². The van der Waals surface area contributed by atoms with Crippen molar-refractivity contribution in [2.75, 3.05) is 5.32 Å². The number of amides is 1. The Morgan fingerprint density at radius 2 is 2.13 bits per heavy atom. The normalized spacial score (nSPS) is 14.3. The van der Waals surface area contributed by atoms with Gasteiger partial charge in [-0.25, -0.2) is 4.79 Å². The van der Waals surface area contributed by atoms with Crippen molar-refractivity contribution in [3.63, 3.8) is 0 Å². The molecule has 0 saturated heterocycles. The Morgan fingerprint density at radius 3 is 2.93 bits per heavy atom. The lowest BCUT2D eigenvalue weighted by atomic mass is 10.1. The van der Waals surface area contributed by atoms with Gasteiger partial charge in [0.2, 0.25) is 5.91 Å². The van der Waals surface area contributed by atoms with Gasteiger partial charge in [-0.3, -0.25) is 9.36 Å². The predicted octanol–water partition coefficient (Wildman–Crippen LogP) is 0.590. The number of aromatic nitrogens is 2. The maximum atomic E-state index is 11.5. The summed E-state index contributed by atoms with van der Waals surface area (Å²) in [5.41, 5.74) is 3.03. The highest BCUT2D eigenvalue weighted by Crippen LogP contribution is 2.27. The monoisotopic (exact) mass is 203 g/mol. The van der Waals surface area contributed by atoms with Crippen molar-refractivity contribution in [1.29, 1.82) is 0 Å². The standard InChI is InChI=1S/C10H9N3O2/c1-5-2-3-6-9-8(5)12-7(14)4-13(9)10(15)11-6/h2-3H,4H2,1H3,(H,11,15)(H,12,14). The van der Waals surface area contributed by atoms with Crippen molar-refractivity contribution in [3.05, 3.63) is 28.2 Å². The van der Waals surface area contributed by atoms with E-state index in [4.69, 9.17) is 0 Å². The SMILES string of the molecule is Cc1ccc2[nH]c(=O)n3c2c1NC(=O)C3. The predicted molar refractivity (Wildman–Crippen MR) is 55.9 cm³/mol. The van der Waals surface area contributed by atoms with Crippen LogP contribution in [0.4, 0.5) is 5.69 Å². The summed E-state index contributed by atoms with van der Waals surface area (Å²) in [6.45, 7) is 2.00. The first-order valence-electron chi connectivity index (χ1n) is 4.69. The Bertz CT molecular complexity index is 636. The molecule has 3 rings (SSSR count). The fourth-order valence-electron chi connectivity index (χ4n) is 1.99. The number of aryl methyl sites for hydroxylation is 1. The number of hydrogen-bond donors (Lipinski definition) is 2. The van der Waals surface area contributed by atoms with E-state index in [9.17, 15) is 9.59 Å². The minimum atomic E-state index is -0.230. The van der Waals surface area contributed by atoms with Crippen LogP contribution in [-0.2, 0) is 11.3 Å². The van der Waals surface area contributed by atoms with E-state index in [-0.39, 0.29) is 18.1 Å². The highest BCUT2D eigenvalue weighted by Gasteiger charge is 2.21. The van der Waals surface area contributed by atoms with Gasteiger partial charge in [0.05, 0.1) is 16.7 Å². The van der Waals surface area contributed by atoms with Crippen LogP contribution in [0.3, 0.4) is 0 Å². The zero-order valence-corrected chi connectivity index (χ0v) is 8.13. The molecular formula is C10H9N3O2. The second-order valence-electron chi connectivity index (χ2n) is 3.72. The molecule has 1 aliphatic rings. The Labute approximate surface area is 84.7 Å². The summed E-state index contributed by atoms with van der Waals surface area (Å²) in [4.78, 5) is 25.6. The average Bonchev–Trinajstić information content (AvgIpc) is 2.51. The van der Waals surface area contributed by atoms with E-state index in [2.05, 4.69) is 10.3 Å². The Hall–Kier alpha value is -2.04. The summed E-state index contributed by atoms with van der Waals surface area (Å²) in [5, 5.41) is 2.79. The van der Waals surface area contributed by atoms with Gasteiger partial charge in [0.15, 0.2) is 0 Å². The first-order chi connectivity index (χ1) is 7.16. The number of benzene rings is 1. The molecule has 76 valence electrons. The molecule has 1 aromatic carbocycles. The highest BCUT2D eigenvalue weighted by molar-refractivity contribution is 6.04. The minimum Gasteiger partial charge on any atom is -0.322 e. The lowest BCUT2D eigenvalue weighted by molar-refractivity contribution is -0.116. The molecule has 15 heavy (non-hydrogen) atoms. The molecule has 0 fully saturated rings. The van der Waals surface area contributed by atoms with Crippen LogP contribution in [0.5, 0.6) is 0 Å². The lowest BCUT2D eigenvalue weighted by Gasteiger charge is -2.16. The number of carbonyl (C=O) groups excluding carboxylic acids is 1. The van der Waals surface area contributed by atoms with Crippen molar-refractivity contribution in [3.8, 4) is 0 Å². The van der Waals surface area contributed by atoms with Crippen molar-refractivity contribution >= 4 is 22.6 Å². The van der Waals surface area contributed by atoms with Gasteiger partial charge < -0.3 is 10.3 Å². The molecule has 1 aromatic heterocycles. The van der Waals surface area contributed by atoms with Crippen molar-refractivity contribution < 1.29 is 4.79 Å². The van der Waals surface area contributed by atoms with Crippen LogP contribution in [0.15, 0.2) is 16.9 Å². The van der Waals surface area contributed by atoms with E-state index in [0.29, 0.717) is 0 Å². The zero-order chi connectivity index (χ0) is 10.6. The molecule has 2 heterocycles. The third-order valence-corrected chi connectivity index (χ3v) is 2.71. The second kappa shape index (κ2) is 2.50. The van der Waals surface area contributed by atoms with Gasteiger partial charge in [-0.05, 0) is 18.6 Å². The number of H-pyrrole nitrogens is 1. The van der Waals surface area contributed by atoms with Gasteiger partial charge >= 0.3 is 5.69 Å². The van der Waals surface area contributed by atoms with Crippen molar-refractivity contribution in [1.82, 2.24) is 9.55 Å². The van der Waals surface area contributed by atoms with Gasteiger partial charge in [-0.1, -0.05) is 6.07 Å². The topological polar surface area (TPSA) is 66.9 Å². The van der Waals surface area contributed by atoms with E-state index >= 15 is 0 Å². The average molecular weight is 203 g/mol.